The lowest BCUT2D eigenvalue weighted by Gasteiger charge is -2.27. The van der Waals surface area contributed by atoms with Gasteiger partial charge in [-0.05, 0) is 50.9 Å². The van der Waals surface area contributed by atoms with Crippen LogP contribution in [-0.2, 0) is 43.2 Å². The van der Waals surface area contributed by atoms with Crippen LogP contribution in [0.2, 0.25) is 0 Å². The number of rotatable bonds is 25. The third-order valence-electron chi connectivity index (χ3n) is 8.26. The number of carboxylic acids is 2. The second-order valence-electron chi connectivity index (χ2n) is 14.1. The van der Waals surface area contributed by atoms with Gasteiger partial charge in [-0.2, -0.15) is 0 Å². The predicted octanol–water partition coefficient (Wildman–Crippen LogP) is -2.54. The van der Waals surface area contributed by atoms with Gasteiger partial charge >= 0.3 is 11.9 Å². The van der Waals surface area contributed by atoms with Gasteiger partial charge in [0.2, 0.25) is 41.4 Å². The smallest absolute Gasteiger partial charge is 0.325 e. The number of hydrogen-bond donors (Lipinski definition) is 11. The van der Waals surface area contributed by atoms with E-state index in [0.717, 1.165) is 0 Å². The fourth-order valence-corrected chi connectivity index (χ4v) is 4.78. The Bertz CT molecular complexity index is 1330. The molecule has 0 aliphatic rings. The lowest BCUT2D eigenvalue weighted by atomic mass is 9.99. The standard InChI is InChI=1S/C34H60N8O12/c1-9-18(6)27(35)33(52)36-14-25(44)39-21(10-11-26(45)46)29(48)40-23(13-17(4)5)31(50)42-24(15-43)32(51)41-22(12-16(2)3)30(49)37-19(7)28(47)38-20(8)34(53)54/h16-24,27,43H,9-15,35H2,1-8H3,(H,36,52)(H,37,49)(H,38,47)(H,39,44)(H,40,48)(H,41,51)(H,42,50)(H,45,46)(H,53,54)/t18-,19-,20-,21-,22-,23-,24-,27-/m0/s1. The third-order valence-corrected chi connectivity index (χ3v) is 8.26. The summed E-state index contributed by atoms with van der Waals surface area (Å²) < 4.78 is 0. The van der Waals surface area contributed by atoms with Crippen molar-refractivity contribution in [1.29, 1.82) is 0 Å². The zero-order chi connectivity index (χ0) is 41.9. The highest BCUT2D eigenvalue weighted by Gasteiger charge is 2.33. The van der Waals surface area contributed by atoms with Gasteiger partial charge in [-0.15, -0.1) is 0 Å². The molecule has 0 fully saturated rings. The number of carboxylic acid groups (broad SMARTS) is 2. The zero-order valence-corrected chi connectivity index (χ0v) is 32.3. The molecule has 0 aliphatic heterocycles. The van der Waals surface area contributed by atoms with E-state index < -0.39 is 115 Å². The van der Waals surface area contributed by atoms with Crippen molar-refractivity contribution in [3.05, 3.63) is 0 Å². The second kappa shape index (κ2) is 24.5. The van der Waals surface area contributed by atoms with Crippen molar-refractivity contribution in [1.82, 2.24) is 37.2 Å². The van der Waals surface area contributed by atoms with Gasteiger partial charge in [0.15, 0.2) is 0 Å². The molecule has 0 aromatic carbocycles. The van der Waals surface area contributed by atoms with Crippen LogP contribution in [0.5, 0.6) is 0 Å². The summed E-state index contributed by atoms with van der Waals surface area (Å²) in [5.74, 6) is -8.90. The van der Waals surface area contributed by atoms with E-state index in [4.69, 9.17) is 10.8 Å². The van der Waals surface area contributed by atoms with Crippen molar-refractivity contribution in [3.63, 3.8) is 0 Å². The molecule has 0 saturated heterocycles. The number of nitrogens with one attached hydrogen (secondary N) is 7. The van der Waals surface area contributed by atoms with Crippen molar-refractivity contribution in [2.24, 2.45) is 23.5 Å². The minimum atomic E-state index is -1.61. The molecule has 0 bridgehead atoms. The Morgan fingerprint density at radius 1 is 0.574 bits per heavy atom. The fourth-order valence-electron chi connectivity index (χ4n) is 4.78. The molecular weight excluding hydrogens is 712 g/mol. The molecule has 0 aromatic rings. The van der Waals surface area contributed by atoms with Gasteiger partial charge < -0.3 is 58.3 Å². The van der Waals surface area contributed by atoms with Gasteiger partial charge in [-0.25, -0.2) is 0 Å². The Morgan fingerprint density at radius 2 is 1.02 bits per heavy atom. The molecule has 8 atom stereocenters. The van der Waals surface area contributed by atoms with Crippen molar-refractivity contribution in [3.8, 4) is 0 Å². The summed E-state index contributed by atoms with van der Waals surface area (Å²) in [5, 5.41) is 44.9. The first-order valence-electron chi connectivity index (χ1n) is 17.9. The van der Waals surface area contributed by atoms with Gasteiger partial charge in [0.25, 0.3) is 0 Å². The highest BCUT2D eigenvalue weighted by atomic mass is 16.4. The van der Waals surface area contributed by atoms with Crippen molar-refractivity contribution < 1.29 is 58.5 Å². The number of aliphatic carboxylic acids is 2. The van der Waals surface area contributed by atoms with E-state index in [9.17, 15) is 53.4 Å². The quantitative estimate of drug-likeness (QED) is 0.0456. The molecule has 12 N–H and O–H groups in total. The summed E-state index contributed by atoms with van der Waals surface area (Å²) in [6.07, 6.45) is -0.203. The summed E-state index contributed by atoms with van der Waals surface area (Å²) in [7, 11) is 0. The molecule has 0 saturated carbocycles. The Hall–Kier alpha value is -4.85. The van der Waals surface area contributed by atoms with E-state index in [2.05, 4.69) is 37.2 Å². The molecule has 20 heteroatoms. The summed E-state index contributed by atoms with van der Waals surface area (Å²) in [6, 6.07) is -8.93. The third kappa shape index (κ3) is 18.8. The molecule has 20 nitrogen and oxygen atoms in total. The number of carbonyl (C=O) groups is 9. The van der Waals surface area contributed by atoms with Crippen LogP contribution < -0.4 is 43.0 Å². The van der Waals surface area contributed by atoms with E-state index in [1.807, 2.05) is 6.92 Å². The molecular formula is C34H60N8O12. The monoisotopic (exact) mass is 772 g/mol. The minimum Gasteiger partial charge on any atom is -0.481 e. The molecule has 54 heavy (non-hydrogen) atoms. The first-order valence-corrected chi connectivity index (χ1v) is 17.9. The molecule has 7 amide bonds. The van der Waals surface area contributed by atoms with Gasteiger partial charge in [0.05, 0.1) is 19.2 Å². The maximum atomic E-state index is 13.5. The summed E-state index contributed by atoms with van der Waals surface area (Å²) in [5.41, 5.74) is 5.88. The second-order valence-corrected chi connectivity index (χ2v) is 14.1. The molecule has 0 heterocycles. The van der Waals surface area contributed by atoms with Crippen LogP contribution in [0, 0.1) is 17.8 Å². The molecule has 0 aliphatic carbocycles. The number of aliphatic hydroxyl groups is 1. The van der Waals surface area contributed by atoms with Crippen LogP contribution in [0.4, 0.5) is 0 Å². The van der Waals surface area contributed by atoms with Crippen molar-refractivity contribution in [2.45, 2.75) is 130 Å². The average molecular weight is 773 g/mol. The maximum absolute atomic E-state index is 13.5. The van der Waals surface area contributed by atoms with E-state index in [1.54, 1.807) is 34.6 Å². The maximum Gasteiger partial charge on any atom is 0.325 e. The molecule has 0 unspecified atom stereocenters. The van der Waals surface area contributed by atoms with Crippen LogP contribution >= 0.6 is 0 Å². The van der Waals surface area contributed by atoms with Crippen molar-refractivity contribution >= 4 is 53.3 Å². The van der Waals surface area contributed by atoms with Crippen LogP contribution in [0.1, 0.15) is 87.5 Å². The minimum absolute atomic E-state index is 0.0132. The Balaban J connectivity index is 5.88. The summed E-state index contributed by atoms with van der Waals surface area (Å²) >= 11 is 0. The first kappa shape index (κ1) is 49.1. The summed E-state index contributed by atoms with van der Waals surface area (Å²) in [6.45, 7) is 11.7. The first-order chi connectivity index (χ1) is 25.0. The number of amides is 7. The highest BCUT2D eigenvalue weighted by Crippen LogP contribution is 2.10. The lowest BCUT2D eigenvalue weighted by Crippen LogP contribution is -2.60. The Labute approximate surface area is 315 Å². The molecule has 0 rings (SSSR count). The van der Waals surface area contributed by atoms with Gasteiger partial charge in [0.1, 0.15) is 36.3 Å². The Kier molecular flexibility index (Phi) is 22.3. The average Bonchev–Trinajstić information content (AvgIpc) is 3.08. The molecule has 308 valence electrons. The molecule has 0 aromatic heterocycles. The fraction of sp³-hybridized carbons (Fsp3) is 0.735. The van der Waals surface area contributed by atoms with Crippen LogP contribution in [0.3, 0.4) is 0 Å². The van der Waals surface area contributed by atoms with E-state index in [1.165, 1.54) is 13.8 Å². The normalized spacial score (nSPS) is 15.6. The number of hydrogen-bond acceptors (Lipinski definition) is 11. The number of carbonyl (C=O) groups excluding carboxylic acids is 7. The predicted molar refractivity (Wildman–Crippen MR) is 194 cm³/mol. The van der Waals surface area contributed by atoms with Gasteiger partial charge in [-0.1, -0.05) is 48.0 Å². The molecule has 0 radical (unpaired) electrons. The van der Waals surface area contributed by atoms with Crippen LogP contribution in [0.15, 0.2) is 0 Å². The number of aliphatic hydroxyl groups excluding tert-OH is 1. The summed E-state index contributed by atoms with van der Waals surface area (Å²) in [4.78, 5) is 113. The lowest BCUT2D eigenvalue weighted by molar-refractivity contribution is -0.141. The van der Waals surface area contributed by atoms with E-state index in [-0.39, 0.29) is 37.0 Å². The number of nitrogens with two attached hydrogens (primary N) is 1. The van der Waals surface area contributed by atoms with Gasteiger partial charge in [-0.3, -0.25) is 43.2 Å². The van der Waals surface area contributed by atoms with Crippen LogP contribution in [-0.4, -0.2) is 124 Å². The van der Waals surface area contributed by atoms with E-state index in [0.29, 0.717) is 6.42 Å². The van der Waals surface area contributed by atoms with Crippen molar-refractivity contribution in [2.75, 3.05) is 13.2 Å². The molecule has 0 spiro atoms. The topological polar surface area (TPSA) is 325 Å². The van der Waals surface area contributed by atoms with E-state index >= 15 is 0 Å². The Morgan fingerprint density at radius 3 is 1.46 bits per heavy atom. The largest absolute Gasteiger partial charge is 0.481 e. The zero-order valence-electron chi connectivity index (χ0n) is 32.3. The van der Waals surface area contributed by atoms with Gasteiger partial charge in [0, 0.05) is 6.42 Å². The SMILES string of the molecule is CC[C@H](C)[C@H](N)C(=O)NCC(=O)N[C@@H](CCC(=O)O)C(=O)N[C@@H](CC(C)C)C(=O)N[C@@H](CO)C(=O)N[C@@H](CC(C)C)C(=O)N[C@@H](C)C(=O)N[C@@H](C)C(=O)O. The highest BCUT2D eigenvalue weighted by molar-refractivity contribution is 5.97. The van der Waals surface area contributed by atoms with Crippen LogP contribution in [0.25, 0.3) is 0 Å².